The summed E-state index contributed by atoms with van der Waals surface area (Å²) in [7, 11) is 0. The molecule has 38 heavy (non-hydrogen) atoms. The molecule has 1 amide bonds. The fourth-order valence-corrected chi connectivity index (χ4v) is 4.42. The predicted octanol–water partition coefficient (Wildman–Crippen LogP) is 3.90. The van der Waals surface area contributed by atoms with Crippen LogP contribution in [0.25, 0.3) is 10.9 Å². The largest absolute Gasteiger partial charge is 0.494 e. The van der Waals surface area contributed by atoms with E-state index >= 15 is 0 Å². The summed E-state index contributed by atoms with van der Waals surface area (Å²) in [6.45, 7) is 3.54. The van der Waals surface area contributed by atoms with E-state index in [1.54, 1.807) is 6.07 Å². The average molecular weight is 514 g/mol. The molecule has 1 aliphatic rings. The van der Waals surface area contributed by atoms with Crippen LogP contribution in [-0.4, -0.2) is 64.4 Å². The summed E-state index contributed by atoms with van der Waals surface area (Å²) in [5.41, 5.74) is 3.64. The number of nitro benzene ring substituents is 1. The zero-order valence-corrected chi connectivity index (χ0v) is 20.6. The minimum atomic E-state index is -0.467. The molecule has 0 bridgehead atoms. The first kappa shape index (κ1) is 25.1. The summed E-state index contributed by atoms with van der Waals surface area (Å²) in [5.74, 6) is -0.160. The second-order valence-electron chi connectivity index (χ2n) is 8.99. The molecule has 1 aromatic heterocycles. The highest BCUT2D eigenvalue weighted by Crippen LogP contribution is 2.33. The van der Waals surface area contributed by atoms with E-state index in [1.165, 1.54) is 12.1 Å². The van der Waals surface area contributed by atoms with Crippen molar-refractivity contribution in [1.82, 2.24) is 15.2 Å². The van der Waals surface area contributed by atoms with E-state index < -0.39 is 4.92 Å². The van der Waals surface area contributed by atoms with Crippen LogP contribution in [-0.2, 0) is 16.1 Å². The van der Waals surface area contributed by atoms with Crippen molar-refractivity contribution in [1.29, 1.82) is 0 Å². The number of H-pyrrole nitrogens is 1. The molecule has 10 nitrogen and oxygen atoms in total. The first-order valence-electron chi connectivity index (χ1n) is 12.3. The van der Waals surface area contributed by atoms with E-state index in [2.05, 4.69) is 15.2 Å². The highest BCUT2D eigenvalue weighted by molar-refractivity contribution is 6.22. The van der Waals surface area contributed by atoms with Crippen molar-refractivity contribution < 1.29 is 19.6 Å². The number of nitrogens with zero attached hydrogens (tertiary/aromatic N) is 3. The molecule has 0 unspecified atom stereocenters. The Morgan fingerprint density at radius 1 is 1.08 bits per heavy atom. The lowest BCUT2D eigenvalue weighted by Crippen LogP contribution is -2.43. The Hall–Kier alpha value is -4.54. The first-order chi connectivity index (χ1) is 18.5. The summed E-state index contributed by atoms with van der Waals surface area (Å²) < 4.78 is 5.32. The van der Waals surface area contributed by atoms with E-state index in [0.717, 1.165) is 24.2 Å². The zero-order chi connectivity index (χ0) is 26.5. The van der Waals surface area contributed by atoms with E-state index in [0.29, 0.717) is 54.2 Å². The molecule has 2 heterocycles. The topological polar surface area (TPSA) is 133 Å². The van der Waals surface area contributed by atoms with Crippen LogP contribution in [0, 0.1) is 10.1 Å². The van der Waals surface area contributed by atoms with E-state index in [9.17, 15) is 20.0 Å². The van der Waals surface area contributed by atoms with Gasteiger partial charge in [-0.3, -0.25) is 19.8 Å². The van der Waals surface area contributed by atoms with Gasteiger partial charge in [0.1, 0.15) is 0 Å². The Morgan fingerprint density at radius 3 is 2.53 bits per heavy atom. The number of fused-ring (bicyclic) bond motifs is 1. The summed E-state index contributed by atoms with van der Waals surface area (Å²) in [4.78, 5) is 33.0. The van der Waals surface area contributed by atoms with Gasteiger partial charge in [-0.1, -0.05) is 42.5 Å². The van der Waals surface area contributed by atoms with Crippen molar-refractivity contribution in [2.24, 2.45) is 4.99 Å². The second-order valence-corrected chi connectivity index (χ2v) is 8.99. The molecule has 4 aromatic rings. The van der Waals surface area contributed by atoms with Gasteiger partial charge in [0, 0.05) is 48.2 Å². The number of aromatic nitrogens is 1. The van der Waals surface area contributed by atoms with Gasteiger partial charge in [0.2, 0.25) is 5.91 Å². The third kappa shape index (κ3) is 5.72. The lowest BCUT2D eigenvalue weighted by Gasteiger charge is -2.25. The molecule has 194 valence electrons. The fraction of sp³-hybridized carbons (Fsp3) is 0.214. The molecule has 1 fully saturated rings. The van der Waals surface area contributed by atoms with Crippen LogP contribution in [0.1, 0.15) is 16.7 Å². The Bertz CT molecular complexity index is 1480. The third-order valence-electron chi connectivity index (χ3n) is 6.40. The van der Waals surface area contributed by atoms with Gasteiger partial charge in [-0.15, -0.1) is 0 Å². The zero-order valence-electron chi connectivity index (χ0n) is 20.6. The maximum atomic E-state index is 12.3. The molecule has 0 spiro atoms. The summed E-state index contributed by atoms with van der Waals surface area (Å²) in [6.07, 6.45) is 0. The van der Waals surface area contributed by atoms with Crippen molar-refractivity contribution in [2.75, 3.05) is 32.8 Å². The number of morpholine rings is 1. The third-order valence-corrected chi connectivity index (χ3v) is 6.40. The van der Waals surface area contributed by atoms with Crippen LogP contribution < -0.4 is 5.32 Å². The SMILES string of the molecule is O=C(CN1CCOCC1)NCc1ccc(N=C(c2ccccc2)c2c(O)[nH]c3ccc([N+](=O)[O-])cc23)cc1. The highest BCUT2D eigenvalue weighted by Gasteiger charge is 2.21. The molecule has 3 aromatic carbocycles. The van der Waals surface area contributed by atoms with Crippen LogP contribution in [0.15, 0.2) is 77.8 Å². The summed E-state index contributed by atoms with van der Waals surface area (Å²) in [6, 6.07) is 21.2. The molecule has 0 saturated carbocycles. The number of carbonyl (C=O) groups excluding carboxylic acids is 1. The molecule has 1 aliphatic heterocycles. The standard InChI is InChI=1S/C28H27N5O5/c34-25(18-32-12-14-38-15-13-32)29-17-19-6-8-21(9-7-19)30-27(20-4-2-1-3-5-20)26-23-16-22(33(36)37)10-11-24(23)31-28(26)35/h1-11,16,31,35H,12-15,17-18H2,(H,29,34). The van der Waals surface area contributed by atoms with Crippen molar-refractivity contribution in [3.05, 3.63) is 99.6 Å². The quantitative estimate of drug-likeness (QED) is 0.186. The number of amides is 1. The molecular weight excluding hydrogens is 486 g/mol. The van der Waals surface area contributed by atoms with E-state index in [1.807, 2.05) is 54.6 Å². The number of benzene rings is 3. The van der Waals surface area contributed by atoms with Crippen molar-refractivity contribution in [2.45, 2.75) is 6.54 Å². The predicted molar refractivity (Wildman–Crippen MR) is 144 cm³/mol. The van der Waals surface area contributed by atoms with Gasteiger partial charge in [0.05, 0.1) is 41.6 Å². The lowest BCUT2D eigenvalue weighted by atomic mass is 10.0. The average Bonchev–Trinajstić information content (AvgIpc) is 3.27. The smallest absolute Gasteiger partial charge is 0.270 e. The van der Waals surface area contributed by atoms with E-state index in [-0.39, 0.29) is 17.5 Å². The summed E-state index contributed by atoms with van der Waals surface area (Å²) >= 11 is 0. The number of nitro groups is 1. The fourth-order valence-electron chi connectivity index (χ4n) is 4.42. The van der Waals surface area contributed by atoms with Gasteiger partial charge in [-0.05, 0) is 23.8 Å². The number of nitrogens with one attached hydrogen (secondary N) is 2. The minimum absolute atomic E-state index is 0.0377. The molecule has 3 N–H and O–H groups in total. The number of non-ortho nitro benzene ring substituents is 1. The molecule has 0 atom stereocenters. The first-order valence-corrected chi connectivity index (χ1v) is 12.3. The number of aromatic hydroxyl groups is 1. The number of hydrogen-bond donors (Lipinski definition) is 3. The van der Waals surface area contributed by atoms with Gasteiger partial charge in [0.25, 0.3) is 5.69 Å². The normalized spacial score (nSPS) is 14.5. The number of rotatable bonds is 8. The maximum absolute atomic E-state index is 12.3. The molecule has 0 radical (unpaired) electrons. The number of ether oxygens (including phenoxy) is 1. The van der Waals surface area contributed by atoms with Crippen molar-refractivity contribution in [3.8, 4) is 5.88 Å². The molecule has 1 saturated heterocycles. The number of aliphatic imine (C=N–C) groups is 1. The Morgan fingerprint density at radius 2 is 1.82 bits per heavy atom. The van der Waals surface area contributed by atoms with Gasteiger partial charge in [-0.25, -0.2) is 4.99 Å². The van der Waals surface area contributed by atoms with Gasteiger partial charge < -0.3 is 20.1 Å². The molecule has 5 rings (SSSR count). The monoisotopic (exact) mass is 513 g/mol. The van der Waals surface area contributed by atoms with Gasteiger partial charge >= 0.3 is 0 Å². The maximum Gasteiger partial charge on any atom is 0.270 e. The van der Waals surface area contributed by atoms with Crippen LogP contribution in [0.5, 0.6) is 5.88 Å². The van der Waals surface area contributed by atoms with Crippen molar-refractivity contribution in [3.63, 3.8) is 0 Å². The van der Waals surface area contributed by atoms with Gasteiger partial charge in [-0.2, -0.15) is 0 Å². The van der Waals surface area contributed by atoms with Crippen molar-refractivity contribution >= 4 is 33.9 Å². The summed E-state index contributed by atoms with van der Waals surface area (Å²) in [5, 5.41) is 25.6. The molecular formula is C28H27N5O5. The number of carbonyl (C=O) groups is 1. The number of hydrogen-bond acceptors (Lipinski definition) is 7. The lowest BCUT2D eigenvalue weighted by molar-refractivity contribution is -0.384. The van der Waals surface area contributed by atoms with E-state index in [4.69, 9.17) is 9.73 Å². The van der Waals surface area contributed by atoms with Crippen LogP contribution in [0.4, 0.5) is 11.4 Å². The van der Waals surface area contributed by atoms with Crippen LogP contribution in [0.2, 0.25) is 0 Å². The minimum Gasteiger partial charge on any atom is -0.494 e. The Kier molecular flexibility index (Phi) is 7.43. The highest BCUT2D eigenvalue weighted by atomic mass is 16.6. The number of aromatic amines is 1. The van der Waals surface area contributed by atoms with Crippen LogP contribution >= 0.6 is 0 Å². The Balaban J connectivity index is 1.40. The molecule has 10 heteroatoms. The molecule has 0 aliphatic carbocycles. The van der Waals surface area contributed by atoms with Crippen LogP contribution in [0.3, 0.4) is 0 Å². The second kappa shape index (κ2) is 11.2. The van der Waals surface area contributed by atoms with Gasteiger partial charge in [0.15, 0.2) is 5.88 Å². The Labute approximate surface area is 218 Å².